The summed E-state index contributed by atoms with van der Waals surface area (Å²) in [4.78, 5) is 21.4. The van der Waals surface area contributed by atoms with E-state index in [2.05, 4.69) is 46.3 Å². The van der Waals surface area contributed by atoms with Gasteiger partial charge in [-0.05, 0) is 63.8 Å². The number of rotatable bonds is 6. The van der Waals surface area contributed by atoms with Crippen molar-refractivity contribution in [3.63, 3.8) is 0 Å². The first-order chi connectivity index (χ1) is 13.9. The van der Waals surface area contributed by atoms with E-state index in [0.29, 0.717) is 18.4 Å². The Morgan fingerprint density at radius 1 is 1.21 bits per heavy atom. The second-order valence-electron chi connectivity index (χ2n) is 8.70. The van der Waals surface area contributed by atoms with E-state index in [-0.39, 0.29) is 6.09 Å². The standard InChI is InChI=1S/C24H33N3O2/c1-5-15-27(23(28)29-24(2,3)4)22-14-13-20(17-25-22)21-12-9-16-26(21)18-19-10-7-6-8-11-19/h6-8,10-11,13-14,17,21H,5,9,12,15-16,18H2,1-4H3/t21-/m1/s1. The summed E-state index contributed by atoms with van der Waals surface area (Å²) in [6.45, 7) is 10.3. The van der Waals surface area contributed by atoms with E-state index in [1.807, 2.05) is 40.0 Å². The first kappa shape index (κ1) is 21.3. The Morgan fingerprint density at radius 3 is 2.59 bits per heavy atom. The molecule has 2 heterocycles. The second kappa shape index (κ2) is 9.40. The van der Waals surface area contributed by atoms with Gasteiger partial charge < -0.3 is 4.74 Å². The lowest BCUT2D eigenvalue weighted by Crippen LogP contribution is -2.37. The van der Waals surface area contributed by atoms with Crippen molar-refractivity contribution in [2.45, 2.75) is 65.1 Å². The second-order valence-corrected chi connectivity index (χ2v) is 8.70. The quantitative estimate of drug-likeness (QED) is 0.641. The lowest BCUT2D eigenvalue weighted by molar-refractivity contribution is 0.0579. The molecule has 0 unspecified atom stereocenters. The number of hydrogen-bond acceptors (Lipinski definition) is 4. The van der Waals surface area contributed by atoms with Gasteiger partial charge in [-0.25, -0.2) is 9.78 Å². The number of carbonyl (C=O) groups excluding carboxylic acids is 1. The van der Waals surface area contributed by atoms with E-state index in [4.69, 9.17) is 4.74 Å². The fourth-order valence-electron chi connectivity index (χ4n) is 3.81. The van der Waals surface area contributed by atoms with Gasteiger partial charge in [-0.15, -0.1) is 0 Å². The van der Waals surface area contributed by atoms with Crippen molar-refractivity contribution in [2.75, 3.05) is 18.0 Å². The van der Waals surface area contributed by atoms with Gasteiger partial charge in [0.15, 0.2) is 0 Å². The number of carbonyl (C=O) groups is 1. The molecule has 0 aliphatic carbocycles. The molecule has 1 aromatic carbocycles. The summed E-state index contributed by atoms with van der Waals surface area (Å²) in [5.41, 5.74) is 2.02. The molecule has 1 aromatic heterocycles. The van der Waals surface area contributed by atoms with E-state index in [1.54, 1.807) is 4.90 Å². The van der Waals surface area contributed by atoms with Gasteiger partial charge in [-0.2, -0.15) is 0 Å². The smallest absolute Gasteiger partial charge is 0.416 e. The molecule has 1 atom stereocenters. The maximum atomic E-state index is 12.6. The van der Waals surface area contributed by atoms with Crippen LogP contribution in [0.3, 0.4) is 0 Å². The molecule has 3 rings (SSSR count). The Morgan fingerprint density at radius 2 is 1.97 bits per heavy atom. The molecule has 1 aliphatic heterocycles. The molecule has 0 N–H and O–H groups in total. The maximum absolute atomic E-state index is 12.6. The van der Waals surface area contributed by atoms with Crippen molar-refractivity contribution < 1.29 is 9.53 Å². The molecule has 0 radical (unpaired) electrons. The zero-order valence-corrected chi connectivity index (χ0v) is 18.1. The normalized spacial score (nSPS) is 17.3. The molecule has 29 heavy (non-hydrogen) atoms. The minimum atomic E-state index is -0.523. The van der Waals surface area contributed by atoms with E-state index in [1.165, 1.54) is 17.5 Å². The largest absolute Gasteiger partial charge is 0.443 e. The Bertz CT molecular complexity index is 784. The first-order valence-corrected chi connectivity index (χ1v) is 10.6. The van der Waals surface area contributed by atoms with Crippen molar-refractivity contribution in [1.82, 2.24) is 9.88 Å². The summed E-state index contributed by atoms with van der Waals surface area (Å²) in [7, 11) is 0. The summed E-state index contributed by atoms with van der Waals surface area (Å²) in [5.74, 6) is 0.650. The highest BCUT2D eigenvalue weighted by atomic mass is 16.6. The van der Waals surface area contributed by atoms with Crippen LogP contribution in [-0.2, 0) is 11.3 Å². The molecule has 2 aromatic rings. The average Bonchev–Trinajstić information content (AvgIpc) is 3.14. The van der Waals surface area contributed by atoms with Gasteiger partial charge in [0.25, 0.3) is 0 Å². The molecule has 0 spiro atoms. The number of likely N-dealkylation sites (tertiary alicyclic amines) is 1. The molecule has 5 heteroatoms. The average molecular weight is 396 g/mol. The zero-order valence-electron chi connectivity index (χ0n) is 18.1. The number of ether oxygens (including phenoxy) is 1. The number of benzene rings is 1. The summed E-state index contributed by atoms with van der Waals surface area (Å²) < 4.78 is 5.56. The molecular weight excluding hydrogens is 362 g/mol. The number of hydrogen-bond donors (Lipinski definition) is 0. The molecule has 1 saturated heterocycles. The van der Waals surface area contributed by atoms with E-state index in [0.717, 1.165) is 25.9 Å². The maximum Gasteiger partial charge on any atom is 0.416 e. The zero-order chi connectivity index (χ0) is 20.9. The third-order valence-corrected chi connectivity index (χ3v) is 5.09. The number of pyridine rings is 1. The van der Waals surface area contributed by atoms with Crippen molar-refractivity contribution in [3.8, 4) is 0 Å². The van der Waals surface area contributed by atoms with Crippen molar-refractivity contribution >= 4 is 11.9 Å². The predicted molar refractivity (Wildman–Crippen MR) is 117 cm³/mol. The molecule has 5 nitrogen and oxygen atoms in total. The van der Waals surface area contributed by atoms with Crippen LogP contribution in [0.4, 0.5) is 10.6 Å². The van der Waals surface area contributed by atoms with Gasteiger partial charge in [0.05, 0.1) is 0 Å². The van der Waals surface area contributed by atoms with Gasteiger partial charge in [-0.3, -0.25) is 9.80 Å². The van der Waals surface area contributed by atoms with Crippen molar-refractivity contribution in [2.24, 2.45) is 0 Å². The van der Waals surface area contributed by atoms with Gasteiger partial charge in [0.1, 0.15) is 11.4 Å². The van der Waals surface area contributed by atoms with E-state index in [9.17, 15) is 4.79 Å². The van der Waals surface area contributed by atoms with Gasteiger partial charge in [0, 0.05) is 25.3 Å². The molecule has 0 bridgehead atoms. The summed E-state index contributed by atoms with van der Waals surface area (Å²) in [6.07, 6.45) is 4.76. The topological polar surface area (TPSA) is 45.7 Å². The Kier molecular flexibility index (Phi) is 6.91. The van der Waals surface area contributed by atoms with E-state index < -0.39 is 5.60 Å². The fourth-order valence-corrected chi connectivity index (χ4v) is 3.81. The lowest BCUT2D eigenvalue weighted by atomic mass is 10.1. The Balaban J connectivity index is 1.73. The fraction of sp³-hybridized carbons (Fsp3) is 0.500. The summed E-state index contributed by atoms with van der Waals surface area (Å²) in [5, 5.41) is 0. The molecule has 1 aliphatic rings. The van der Waals surface area contributed by atoms with Crippen molar-refractivity contribution in [3.05, 3.63) is 59.8 Å². The van der Waals surface area contributed by atoms with Crippen LogP contribution < -0.4 is 4.90 Å². The monoisotopic (exact) mass is 395 g/mol. The van der Waals surface area contributed by atoms with Crippen LogP contribution in [-0.4, -0.2) is 34.7 Å². The summed E-state index contributed by atoms with van der Waals surface area (Å²) in [6, 6.07) is 15.0. The highest BCUT2D eigenvalue weighted by Crippen LogP contribution is 2.33. The van der Waals surface area contributed by atoms with Crippen LogP contribution >= 0.6 is 0 Å². The molecule has 0 saturated carbocycles. The van der Waals surface area contributed by atoms with Crippen molar-refractivity contribution in [1.29, 1.82) is 0 Å². The molecule has 1 fully saturated rings. The molecule has 1 amide bonds. The van der Waals surface area contributed by atoms with Crippen LogP contribution in [0, 0.1) is 0 Å². The molecular formula is C24H33N3O2. The number of anilines is 1. The number of nitrogens with zero attached hydrogens (tertiary/aromatic N) is 3. The van der Waals surface area contributed by atoms with Crippen LogP contribution in [0.25, 0.3) is 0 Å². The van der Waals surface area contributed by atoms with E-state index >= 15 is 0 Å². The number of aromatic nitrogens is 1. The van der Waals surface area contributed by atoms with Gasteiger partial charge in [-0.1, -0.05) is 43.3 Å². The molecule has 156 valence electrons. The first-order valence-electron chi connectivity index (χ1n) is 10.6. The minimum Gasteiger partial charge on any atom is -0.443 e. The highest BCUT2D eigenvalue weighted by molar-refractivity contribution is 5.86. The lowest BCUT2D eigenvalue weighted by Gasteiger charge is -2.27. The minimum absolute atomic E-state index is 0.342. The Hall–Kier alpha value is -2.40. The van der Waals surface area contributed by atoms with Crippen LogP contribution in [0.5, 0.6) is 0 Å². The SMILES string of the molecule is CCCN(C(=O)OC(C)(C)C)c1ccc([C@H]2CCCN2Cc2ccccc2)cn1. The Labute approximate surface area is 174 Å². The summed E-state index contributed by atoms with van der Waals surface area (Å²) >= 11 is 0. The van der Waals surface area contributed by atoms with Crippen LogP contribution in [0.1, 0.15) is 64.1 Å². The third-order valence-electron chi connectivity index (χ3n) is 5.09. The van der Waals surface area contributed by atoms with Gasteiger partial charge in [0.2, 0.25) is 0 Å². The van der Waals surface area contributed by atoms with Crippen LogP contribution in [0.2, 0.25) is 0 Å². The third kappa shape index (κ3) is 5.80. The number of amides is 1. The highest BCUT2D eigenvalue weighted by Gasteiger charge is 2.27. The predicted octanol–water partition coefficient (Wildman–Crippen LogP) is 5.57. The van der Waals surface area contributed by atoms with Gasteiger partial charge >= 0.3 is 6.09 Å². The van der Waals surface area contributed by atoms with Crippen LogP contribution in [0.15, 0.2) is 48.7 Å².